The fourth-order valence-electron chi connectivity index (χ4n) is 5.59. The van der Waals surface area contributed by atoms with Crippen molar-refractivity contribution in [2.75, 3.05) is 25.0 Å². The minimum Gasteiger partial charge on any atom is -0.390 e. The van der Waals surface area contributed by atoms with Crippen LogP contribution in [0, 0.1) is 11.8 Å². The number of benzene rings is 2. The molecule has 4 heteroatoms. The van der Waals surface area contributed by atoms with Crippen molar-refractivity contribution in [2.24, 2.45) is 11.8 Å². The molecule has 2 aromatic carbocycles. The first-order valence-electron chi connectivity index (χ1n) is 10.5. The molecule has 5 rings (SSSR count). The normalized spacial score (nSPS) is 29.0. The van der Waals surface area contributed by atoms with Gasteiger partial charge in [0, 0.05) is 31.7 Å². The van der Waals surface area contributed by atoms with Gasteiger partial charge in [-0.05, 0) is 53.9 Å². The first-order valence-corrected chi connectivity index (χ1v) is 10.5. The molecule has 1 saturated heterocycles. The van der Waals surface area contributed by atoms with Crippen LogP contribution >= 0.6 is 0 Å². The zero-order valence-electron chi connectivity index (χ0n) is 16.2. The summed E-state index contributed by atoms with van der Waals surface area (Å²) in [5.41, 5.74) is 4.13. The van der Waals surface area contributed by atoms with Gasteiger partial charge in [-0.15, -0.1) is 0 Å². The largest absolute Gasteiger partial charge is 0.390 e. The number of rotatable bonds is 5. The molecule has 0 spiro atoms. The SMILES string of the molecule is O=C1Cc2cc(CCN3C[C@@H]4C[C@@](O)(Cc5ccccc5)C[C@@H]4C3)ccc2N1. The van der Waals surface area contributed by atoms with E-state index in [0.29, 0.717) is 18.3 Å². The van der Waals surface area contributed by atoms with E-state index in [9.17, 15) is 9.90 Å². The molecule has 2 N–H and O–H groups in total. The number of carbonyl (C=O) groups is 1. The molecule has 3 atom stereocenters. The molecule has 1 aliphatic carbocycles. The third kappa shape index (κ3) is 3.59. The van der Waals surface area contributed by atoms with Gasteiger partial charge in [0.25, 0.3) is 0 Å². The van der Waals surface area contributed by atoms with Crippen molar-refractivity contribution in [2.45, 2.75) is 37.7 Å². The summed E-state index contributed by atoms with van der Waals surface area (Å²) < 4.78 is 0. The summed E-state index contributed by atoms with van der Waals surface area (Å²) >= 11 is 0. The molecule has 4 nitrogen and oxygen atoms in total. The van der Waals surface area contributed by atoms with Crippen LogP contribution in [0.2, 0.25) is 0 Å². The number of hydrogen-bond acceptors (Lipinski definition) is 3. The van der Waals surface area contributed by atoms with Gasteiger partial charge in [0.15, 0.2) is 0 Å². The second-order valence-corrected chi connectivity index (χ2v) is 9.04. The lowest BCUT2D eigenvalue weighted by Gasteiger charge is -2.26. The Kier molecular flexibility index (Phi) is 4.48. The van der Waals surface area contributed by atoms with E-state index in [2.05, 4.69) is 46.6 Å². The zero-order chi connectivity index (χ0) is 19.1. The molecule has 0 aromatic heterocycles. The standard InChI is InChI=1S/C24H28N2O2/c27-23-11-19-10-17(6-7-22(19)25-23)8-9-26-15-20-13-24(28,14-21(20)16-26)12-18-4-2-1-3-5-18/h1-7,10,20-21,28H,8-9,11-16H2,(H,25,27)/t20-,21+,24-. The Balaban J connectivity index is 1.14. The summed E-state index contributed by atoms with van der Waals surface area (Å²) in [6.07, 6.45) is 4.17. The van der Waals surface area contributed by atoms with Crippen molar-refractivity contribution in [3.63, 3.8) is 0 Å². The van der Waals surface area contributed by atoms with Gasteiger partial charge in [-0.3, -0.25) is 4.79 Å². The maximum absolute atomic E-state index is 11.5. The molecule has 0 radical (unpaired) electrons. The van der Waals surface area contributed by atoms with Crippen molar-refractivity contribution in [1.29, 1.82) is 0 Å². The molecular formula is C24H28N2O2. The molecule has 0 bridgehead atoms. The van der Waals surface area contributed by atoms with E-state index in [4.69, 9.17) is 0 Å². The van der Waals surface area contributed by atoms with Crippen molar-refractivity contribution in [3.05, 3.63) is 65.2 Å². The van der Waals surface area contributed by atoms with Gasteiger partial charge in [0.05, 0.1) is 12.0 Å². The third-order valence-electron chi connectivity index (χ3n) is 6.82. The van der Waals surface area contributed by atoms with Gasteiger partial charge in [-0.1, -0.05) is 42.5 Å². The summed E-state index contributed by atoms with van der Waals surface area (Å²) in [5, 5.41) is 14.0. The van der Waals surface area contributed by atoms with Crippen LogP contribution in [0.15, 0.2) is 48.5 Å². The zero-order valence-corrected chi connectivity index (χ0v) is 16.2. The molecule has 0 unspecified atom stereocenters. The Morgan fingerprint density at radius 2 is 1.79 bits per heavy atom. The molecule has 28 heavy (non-hydrogen) atoms. The Bertz CT molecular complexity index is 865. The lowest BCUT2D eigenvalue weighted by Crippen LogP contribution is -2.32. The number of carbonyl (C=O) groups excluding carboxylic acids is 1. The van der Waals surface area contributed by atoms with Crippen molar-refractivity contribution < 1.29 is 9.90 Å². The van der Waals surface area contributed by atoms with Gasteiger partial charge in [0.1, 0.15) is 0 Å². The molecule has 2 aliphatic heterocycles. The Hall–Kier alpha value is -2.17. The monoisotopic (exact) mass is 376 g/mol. The van der Waals surface area contributed by atoms with Crippen LogP contribution in [-0.4, -0.2) is 41.1 Å². The van der Waals surface area contributed by atoms with Crippen LogP contribution in [0.1, 0.15) is 29.5 Å². The minimum absolute atomic E-state index is 0.0995. The maximum Gasteiger partial charge on any atom is 0.228 e. The van der Waals surface area contributed by atoms with Gasteiger partial charge < -0.3 is 15.3 Å². The second-order valence-electron chi connectivity index (χ2n) is 9.04. The van der Waals surface area contributed by atoms with Crippen LogP contribution < -0.4 is 5.32 Å². The first-order chi connectivity index (χ1) is 13.6. The van der Waals surface area contributed by atoms with Gasteiger partial charge in [0.2, 0.25) is 5.91 Å². The quantitative estimate of drug-likeness (QED) is 0.843. The lowest BCUT2D eigenvalue weighted by molar-refractivity contribution is -0.115. The predicted octanol–water partition coefficient (Wildman–Crippen LogP) is 3.04. The van der Waals surface area contributed by atoms with E-state index >= 15 is 0 Å². The first kappa shape index (κ1) is 17.9. The number of amides is 1. The van der Waals surface area contributed by atoms with Crippen LogP contribution in [-0.2, 0) is 24.1 Å². The Morgan fingerprint density at radius 1 is 1.04 bits per heavy atom. The fourth-order valence-corrected chi connectivity index (χ4v) is 5.59. The van der Waals surface area contributed by atoms with E-state index < -0.39 is 5.60 Å². The van der Waals surface area contributed by atoms with E-state index in [-0.39, 0.29) is 5.91 Å². The average Bonchev–Trinajstić information content (AvgIpc) is 3.30. The molecule has 2 fully saturated rings. The van der Waals surface area contributed by atoms with Gasteiger partial charge in [-0.2, -0.15) is 0 Å². The smallest absolute Gasteiger partial charge is 0.228 e. The molecule has 2 aromatic rings. The maximum atomic E-state index is 11.5. The fraction of sp³-hybridized carbons (Fsp3) is 0.458. The summed E-state index contributed by atoms with van der Waals surface area (Å²) in [4.78, 5) is 14.1. The summed E-state index contributed by atoms with van der Waals surface area (Å²) in [6.45, 7) is 3.27. The molecule has 1 amide bonds. The number of anilines is 1. The van der Waals surface area contributed by atoms with Crippen molar-refractivity contribution in [1.82, 2.24) is 4.90 Å². The highest BCUT2D eigenvalue weighted by Crippen LogP contribution is 2.45. The number of nitrogens with zero attached hydrogens (tertiary/aromatic N) is 1. The molecular weight excluding hydrogens is 348 g/mol. The molecule has 3 aliphatic rings. The second kappa shape index (κ2) is 7.02. The number of nitrogens with one attached hydrogen (secondary N) is 1. The van der Waals surface area contributed by atoms with Crippen LogP contribution in [0.25, 0.3) is 0 Å². The highest BCUT2D eigenvalue weighted by Gasteiger charge is 2.47. The lowest BCUT2D eigenvalue weighted by atomic mass is 9.91. The van der Waals surface area contributed by atoms with Crippen LogP contribution in [0.5, 0.6) is 0 Å². The van der Waals surface area contributed by atoms with E-state index in [1.165, 1.54) is 11.1 Å². The highest BCUT2D eigenvalue weighted by atomic mass is 16.3. The summed E-state index contributed by atoms with van der Waals surface area (Å²) in [6, 6.07) is 16.8. The Morgan fingerprint density at radius 3 is 2.54 bits per heavy atom. The molecule has 1 saturated carbocycles. The molecule has 146 valence electrons. The minimum atomic E-state index is -0.525. The average molecular weight is 377 g/mol. The predicted molar refractivity (Wildman–Crippen MR) is 110 cm³/mol. The number of aliphatic hydroxyl groups is 1. The van der Waals surface area contributed by atoms with Gasteiger partial charge in [-0.25, -0.2) is 0 Å². The van der Waals surface area contributed by atoms with Gasteiger partial charge >= 0.3 is 0 Å². The third-order valence-corrected chi connectivity index (χ3v) is 6.82. The summed E-state index contributed by atoms with van der Waals surface area (Å²) in [5.74, 6) is 1.34. The topological polar surface area (TPSA) is 52.6 Å². The van der Waals surface area contributed by atoms with Crippen molar-refractivity contribution in [3.8, 4) is 0 Å². The number of hydrogen-bond donors (Lipinski definition) is 2. The number of likely N-dealkylation sites (tertiary alicyclic amines) is 1. The number of fused-ring (bicyclic) bond motifs is 2. The Labute approximate surface area is 166 Å². The van der Waals surface area contributed by atoms with Crippen molar-refractivity contribution >= 4 is 11.6 Å². The van der Waals surface area contributed by atoms with Crippen LogP contribution in [0.3, 0.4) is 0 Å². The highest BCUT2D eigenvalue weighted by molar-refractivity contribution is 5.99. The van der Waals surface area contributed by atoms with E-state index in [0.717, 1.165) is 56.6 Å². The van der Waals surface area contributed by atoms with Crippen LogP contribution in [0.4, 0.5) is 5.69 Å². The molecule has 2 heterocycles. The summed E-state index contributed by atoms with van der Waals surface area (Å²) in [7, 11) is 0. The van der Waals surface area contributed by atoms with E-state index in [1.54, 1.807) is 0 Å². The van der Waals surface area contributed by atoms with E-state index in [1.807, 2.05) is 12.1 Å².